The first-order valence-electron chi connectivity index (χ1n) is 7.23. The van der Waals surface area contributed by atoms with Crippen LogP contribution < -0.4 is 4.74 Å². The van der Waals surface area contributed by atoms with Gasteiger partial charge in [-0.05, 0) is 48.7 Å². The number of aryl methyl sites for hydroxylation is 1. The number of carbonyl (C=O) groups is 2. The predicted molar refractivity (Wildman–Crippen MR) is 85.1 cm³/mol. The van der Waals surface area contributed by atoms with Crippen LogP contribution in [0.15, 0.2) is 48.5 Å². The van der Waals surface area contributed by atoms with E-state index in [1.807, 2.05) is 31.2 Å². The van der Waals surface area contributed by atoms with Crippen LogP contribution in [0, 0.1) is 6.92 Å². The number of hydrogen-bond acceptors (Lipinski definition) is 3. The van der Waals surface area contributed by atoms with Gasteiger partial charge in [-0.3, -0.25) is 4.79 Å². The molecule has 0 bridgehead atoms. The molecule has 5 nitrogen and oxygen atoms in total. The highest BCUT2D eigenvalue weighted by molar-refractivity contribution is 5.87. The van der Waals surface area contributed by atoms with Gasteiger partial charge in [0.25, 0.3) is 0 Å². The molecular formula is C18H18O5. The second-order valence-electron chi connectivity index (χ2n) is 5.27. The lowest BCUT2D eigenvalue weighted by molar-refractivity contribution is -0.139. The van der Waals surface area contributed by atoms with Crippen molar-refractivity contribution in [3.63, 3.8) is 0 Å². The Bertz CT molecular complexity index is 691. The van der Waals surface area contributed by atoms with Gasteiger partial charge in [0.1, 0.15) is 5.75 Å². The van der Waals surface area contributed by atoms with Crippen molar-refractivity contribution in [2.45, 2.75) is 19.3 Å². The summed E-state index contributed by atoms with van der Waals surface area (Å²) in [5.41, 5.74) is 1.77. The zero-order valence-electron chi connectivity index (χ0n) is 12.7. The maximum atomic E-state index is 11.4. The Morgan fingerprint density at radius 3 is 2.35 bits per heavy atom. The van der Waals surface area contributed by atoms with E-state index >= 15 is 0 Å². The third-order valence-electron chi connectivity index (χ3n) is 3.52. The Hall–Kier alpha value is -2.82. The summed E-state index contributed by atoms with van der Waals surface area (Å²) < 4.78 is 5.59. The fourth-order valence-electron chi connectivity index (χ4n) is 2.29. The third-order valence-corrected chi connectivity index (χ3v) is 3.52. The molecule has 0 fully saturated rings. The van der Waals surface area contributed by atoms with Crippen LogP contribution in [0.25, 0.3) is 0 Å². The van der Waals surface area contributed by atoms with Crippen LogP contribution >= 0.6 is 0 Å². The summed E-state index contributed by atoms with van der Waals surface area (Å²) in [6, 6.07) is 13.4. The number of ether oxygens (including phenoxy) is 1. The van der Waals surface area contributed by atoms with Crippen molar-refractivity contribution in [2.24, 2.45) is 0 Å². The van der Waals surface area contributed by atoms with Crippen molar-refractivity contribution < 1.29 is 24.5 Å². The summed E-state index contributed by atoms with van der Waals surface area (Å²) in [6.45, 7) is 2.22. The number of carboxylic acids is 2. The highest BCUT2D eigenvalue weighted by atomic mass is 16.5. The molecule has 5 heteroatoms. The van der Waals surface area contributed by atoms with Gasteiger partial charge < -0.3 is 14.9 Å². The fraction of sp³-hybridized carbons (Fsp3) is 0.222. The monoisotopic (exact) mass is 314 g/mol. The Morgan fingerprint density at radius 2 is 1.78 bits per heavy atom. The van der Waals surface area contributed by atoms with E-state index < -0.39 is 17.9 Å². The molecule has 0 spiro atoms. The Balaban J connectivity index is 2.01. The van der Waals surface area contributed by atoms with E-state index in [4.69, 9.17) is 9.84 Å². The topological polar surface area (TPSA) is 83.8 Å². The van der Waals surface area contributed by atoms with Crippen molar-refractivity contribution in [1.29, 1.82) is 0 Å². The number of aliphatic carboxylic acids is 1. The van der Waals surface area contributed by atoms with Gasteiger partial charge in [0.2, 0.25) is 0 Å². The number of aromatic carboxylic acids is 1. The molecule has 2 aromatic rings. The lowest BCUT2D eigenvalue weighted by Gasteiger charge is -2.14. The summed E-state index contributed by atoms with van der Waals surface area (Å²) in [6.07, 6.45) is 0.301. The molecule has 1 unspecified atom stereocenters. The van der Waals surface area contributed by atoms with Gasteiger partial charge in [-0.2, -0.15) is 0 Å². The molecule has 23 heavy (non-hydrogen) atoms. The molecule has 120 valence electrons. The van der Waals surface area contributed by atoms with E-state index in [-0.39, 0.29) is 12.2 Å². The summed E-state index contributed by atoms with van der Waals surface area (Å²) in [5, 5.41) is 18.3. The van der Waals surface area contributed by atoms with Crippen LogP contribution in [0.2, 0.25) is 0 Å². The maximum Gasteiger partial charge on any atom is 0.335 e. The van der Waals surface area contributed by atoms with Gasteiger partial charge in [0.05, 0.1) is 18.1 Å². The summed E-state index contributed by atoms with van der Waals surface area (Å²) >= 11 is 0. The minimum atomic E-state index is -1.04. The van der Waals surface area contributed by atoms with Gasteiger partial charge in [-0.25, -0.2) is 4.79 Å². The molecule has 2 rings (SSSR count). The molecule has 0 amide bonds. The van der Waals surface area contributed by atoms with Crippen LogP contribution in [0.3, 0.4) is 0 Å². The predicted octanol–water partition coefficient (Wildman–Crippen LogP) is 3.33. The first-order chi connectivity index (χ1) is 11.0. The quantitative estimate of drug-likeness (QED) is 0.819. The fourth-order valence-corrected chi connectivity index (χ4v) is 2.29. The molecule has 0 aliphatic heterocycles. The molecular weight excluding hydrogens is 296 g/mol. The Morgan fingerprint density at radius 1 is 1.09 bits per heavy atom. The standard InChI is InChI=1S/C18H18O5/c1-12-3-2-4-15(11-12)23-10-9-16(18(21)22)13-5-7-14(8-6-13)17(19)20/h2-8,11,16H,9-10H2,1H3,(H,19,20)(H,21,22). The van der Waals surface area contributed by atoms with Gasteiger partial charge >= 0.3 is 11.9 Å². The molecule has 0 aromatic heterocycles. The minimum absolute atomic E-state index is 0.133. The molecule has 0 heterocycles. The van der Waals surface area contributed by atoms with Gasteiger partial charge in [-0.15, -0.1) is 0 Å². The summed E-state index contributed by atoms with van der Waals surface area (Å²) in [7, 11) is 0. The van der Waals surface area contributed by atoms with Crippen LogP contribution in [0.4, 0.5) is 0 Å². The van der Waals surface area contributed by atoms with Gasteiger partial charge in [0, 0.05) is 0 Å². The normalized spacial score (nSPS) is 11.7. The molecule has 0 aliphatic rings. The first kappa shape index (κ1) is 16.5. The van der Waals surface area contributed by atoms with Crippen molar-refractivity contribution in [2.75, 3.05) is 6.61 Å². The van der Waals surface area contributed by atoms with Crippen molar-refractivity contribution in [3.8, 4) is 5.75 Å². The molecule has 2 N–H and O–H groups in total. The molecule has 2 aromatic carbocycles. The molecule has 1 atom stereocenters. The average molecular weight is 314 g/mol. The zero-order chi connectivity index (χ0) is 16.8. The van der Waals surface area contributed by atoms with E-state index in [0.29, 0.717) is 17.7 Å². The summed E-state index contributed by atoms with van der Waals surface area (Å²) in [4.78, 5) is 22.3. The SMILES string of the molecule is Cc1cccc(OCCC(C(=O)O)c2ccc(C(=O)O)cc2)c1. The van der Waals surface area contributed by atoms with E-state index in [0.717, 1.165) is 5.56 Å². The number of benzene rings is 2. The van der Waals surface area contributed by atoms with Gasteiger partial charge in [0.15, 0.2) is 0 Å². The third kappa shape index (κ3) is 4.57. The largest absolute Gasteiger partial charge is 0.494 e. The van der Waals surface area contributed by atoms with E-state index in [1.54, 1.807) is 0 Å². The van der Waals surface area contributed by atoms with E-state index in [1.165, 1.54) is 24.3 Å². The van der Waals surface area contributed by atoms with Crippen LogP contribution in [-0.2, 0) is 4.79 Å². The Kier molecular flexibility index (Phi) is 5.36. The summed E-state index contributed by atoms with van der Waals surface area (Å²) in [5.74, 6) is -2.02. The highest BCUT2D eigenvalue weighted by Gasteiger charge is 2.20. The smallest absolute Gasteiger partial charge is 0.335 e. The lowest BCUT2D eigenvalue weighted by atomic mass is 9.95. The average Bonchev–Trinajstić information content (AvgIpc) is 2.51. The number of rotatable bonds is 7. The number of hydrogen-bond donors (Lipinski definition) is 2. The zero-order valence-corrected chi connectivity index (χ0v) is 12.7. The highest BCUT2D eigenvalue weighted by Crippen LogP contribution is 2.22. The van der Waals surface area contributed by atoms with Gasteiger partial charge in [-0.1, -0.05) is 24.3 Å². The number of carboxylic acid groups (broad SMARTS) is 2. The molecule has 0 aliphatic carbocycles. The second-order valence-corrected chi connectivity index (χ2v) is 5.27. The molecule has 0 radical (unpaired) electrons. The lowest BCUT2D eigenvalue weighted by Crippen LogP contribution is -2.15. The maximum absolute atomic E-state index is 11.4. The van der Waals surface area contributed by atoms with Crippen molar-refractivity contribution in [3.05, 3.63) is 65.2 Å². The second kappa shape index (κ2) is 7.45. The molecule has 0 saturated heterocycles. The van der Waals surface area contributed by atoms with Crippen molar-refractivity contribution in [1.82, 2.24) is 0 Å². The van der Waals surface area contributed by atoms with Crippen LogP contribution in [0.5, 0.6) is 5.75 Å². The first-order valence-corrected chi connectivity index (χ1v) is 7.23. The van der Waals surface area contributed by atoms with Crippen molar-refractivity contribution >= 4 is 11.9 Å². The minimum Gasteiger partial charge on any atom is -0.494 e. The van der Waals surface area contributed by atoms with E-state index in [9.17, 15) is 14.7 Å². The Labute approximate surface area is 134 Å². The van der Waals surface area contributed by atoms with Crippen LogP contribution in [-0.4, -0.2) is 28.8 Å². The van der Waals surface area contributed by atoms with E-state index in [2.05, 4.69) is 0 Å². The van der Waals surface area contributed by atoms with Crippen LogP contribution in [0.1, 0.15) is 33.8 Å². The molecule has 0 saturated carbocycles.